The van der Waals surface area contributed by atoms with E-state index >= 15 is 0 Å². The number of furan rings is 1. The Balaban J connectivity index is 1.52. The summed E-state index contributed by atoms with van der Waals surface area (Å²) in [6, 6.07) is 1.91. The van der Waals surface area contributed by atoms with E-state index in [9.17, 15) is 4.79 Å². The summed E-state index contributed by atoms with van der Waals surface area (Å²) in [5, 5.41) is 6.16. The molecule has 2 aliphatic rings. The molecule has 0 spiro atoms. The fourth-order valence-corrected chi connectivity index (χ4v) is 3.93. The van der Waals surface area contributed by atoms with E-state index in [4.69, 9.17) is 9.15 Å². The van der Waals surface area contributed by atoms with Gasteiger partial charge >= 0.3 is 6.03 Å². The van der Waals surface area contributed by atoms with Gasteiger partial charge in [-0.3, -0.25) is 4.90 Å². The molecule has 2 amide bonds. The SMILES string of the molecule is CC1CN(C(C)(C)CNC(=O)NC2CCCc3occc32)CC(C)O1. The maximum atomic E-state index is 12.4. The maximum Gasteiger partial charge on any atom is 0.315 e. The molecule has 2 heterocycles. The topological polar surface area (TPSA) is 66.7 Å². The van der Waals surface area contributed by atoms with Gasteiger partial charge in [-0.15, -0.1) is 0 Å². The van der Waals surface area contributed by atoms with E-state index in [0.29, 0.717) is 6.54 Å². The van der Waals surface area contributed by atoms with Crippen LogP contribution in [0.5, 0.6) is 0 Å². The van der Waals surface area contributed by atoms with Gasteiger partial charge in [-0.2, -0.15) is 0 Å². The predicted molar refractivity (Wildman–Crippen MR) is 96.6 cm³/mol. The van der Waals surface area contributed by atoms with Gasteiger partial charge in [-0.25, -0.2) is 4.79 Å². The summed E-state index contributed by atoms with van der Waals surface area (Å²) in [5.74, 6) is 1.01. The molecule has 0 bridgehead atoms. The summed E-state index contributed by atoms with van der Waals surface area (Å²) in [5.41, 5.74) is 1.01. The summed E-state index contributed by atoms with van der Waals surface area (Å²) >= 11 is 0. The van der Waals surface area contributed by atoms with Crippen molar-refractivity contribution in [2.45, 2.75) is 70.7 Å². The molecule has 0 radical (unpaired) electrons. The third-order valence-corrected chi connectivity index (χ3v) is 5.31. The van der Waals surface area contributed by atoms with Crippen molar-refractivity contribution in [3.8, 4) is 0 Å². The first-order valence-corrected chi connectivity index (χ1v) is 9.36. The molecular formula is C19H31N3O3. The highest BCUT2D eigenvalue weighted by atomic mass is 16.5. The molecule has 1 aliphatic carbocycles. The van der Waals surface area contributed by atoms with Crippen molar-refractivity contribution in [2.24, 2.45) is 0 Å². The monoisotopic (exact) mass is 349 g/mol. The minimum absolute atomic E-state index is 0.0500. The van der Waals surface area contributed by atoms with Gasteiger partial charge in [0.05, 0.1) is 24.5 Å². The van der Waals surface area contributed by atoms with Crippen molar-refractivity contribution in [2.75, 3.05) is 19.6 Å². The van der Waals surface area contributed by atoms with E-state index in [1.807, 2.05) is 6.07 Å². The fraction of sp³-hybridized carbons (Fsp3) is 0.737. The first-order chi connectivity index (χ1) is 11.8. The Kier molecular flexibility index (Phi) is 5.39. The number of urea groups is 1. The number of hydrogen-bond acceptors (Lipinski definition) is 4. The Hall–Kier alpha value is -1.53. The standard InChI is InChI=1S/C19H31N3O3/c1-13-10-22(11-14(2)25-13)19(3,4)12-20-18(23)21-16-6-5-7-17-15(16)8-9-24-17/h8-9,13-14,16H,5-7,10-12H2,1-4H3,(H2,20,21,23). The van der Waals surface area contributed by atoms with Gasteiger partial charge in [0.2, 0.25) is 0 Å². The molecule has 3 rings (SSSR count). The summed E-state index contributed by atoms with van der Waals surface area (Å²) in [7, 11) is 0. The van der Waals surface area contributed by atoms with Crippen LogP contribution < -0.4 is 10.6 Å². The Labute approximate surface area is 150 Å². The highest BCUT2D eigenvalue weighted by Crippen LogP contribution is 2.30. The highest BCUT2D eigenvalue weighted by molar-refractivity contribution is 5.74. The van der Waals surface area contributed by atoms with Crippen molar-refractivity contribution >= 4 is 6.03 Å². The molecule has 1 saturated heterocycles. The number of hydrogen-bond donors (Lipinski definition) is 2. The minimum atomic E-state index is -0.114. The molecule has 1 aliphatic heterocycles. The second kappa shape index (κ2) is 7.38. The maximum absolute atomic E-state index is 12.4. The smallest absolute Gasteiger partial charge is 0.315 e. The van der Waals surface area contributed by atoms with E-state index in [-0.39, 0.29) is 29.8 Å². The van der Waals surface area contributed by atoms with Crippen molar-refractivity contribution in [1.82, 2.24) is 15.5 Å². The molecule has 2 N–H and O–H groups in total. The molecule has 1 fully saturated rings. The third kappa shape index (κ3) is 4.36. The number of ether oxygens (including phenoxy) is 1. The van der Waals surface area contributed by atoms with Gasteiger partial charge in [0, 0.05) is 37.2 Å². The number of carbonyl (C=O) groups excluding carboxylic acids is 1. The molecule has 1 aromatic rings. The van der Waals surface area contributed by atoms with Crippen LogP contribution in [-0.2, 0) is 11.2 Å². The number of fused-ring (bicyclic) bond motifs is 1. The molecule has 3 atom stereocenters. The molecule has 140 valence electrons. The lowest BCUT2D eigenvalue weighted by molar-refractivity contribution is -0.0947. The second-order valence-corrected chi connectivity index (χ2v) is 8.05. The summed E-state index contributed by atoms with van der Waals surface area (Å²) in [4.78, 5) is 14.8. The zero-order valence-electron chi connectivity index (χ0n) is 15.8. The van der Waals surface area contributed by atoms with Crippen LogP contribution in [0.25, 0.3) is 0 Å². The van der Waals surface area contributed by atoms with Gasteiger partial charge in [0.1, 0.15) is 5.76 Å². The molecule has 0 saturated carbocycles. The quantitative estimate of drug-likeness (QED) is 0.877. The van der Waals surface area contributed by atoms with E-state index in [1.54, 1.807) is 6.26 Å². The van der Waals surface area contributed by atoms with Crippen molar-refractivity contribution in [1.29, 1.82) is 0 Å². The van der Waals surface area contributed by atoms with Crippen LogP contribution in [0, 0.1) is 0 Å². The first kappa shape index (κ1) is 18.3. The van der Waals surface area contributed by atoms with E-state index in [1.165, 1.54) is 0 Å². The van der Waals surface area contributed by atoms with Crippen LogP contribution in [0.3, 0.4) is 0 Å². The number of nitrogens with one attached hydrogen (secondary N) is 2. The first-order valence-electron chi connectivity index (χ1n) is 9.36. The summed E-state index contributed by atoms with van der Waals surface area (Å²) < 4.78 is 11.3. The lowest BCUT2D eigenvalue weighted by atomic mass is 9.93. The average molecular weight is 349 g/mol. The zero-order valence-corrected chi connectivity index (χ0v) is 15.8. The third-order valence-electron chi connectivity index (χ3n) is 5.31. The number of rotatable bonds is 4. The molecule has 6 heteroatoms. The minimum Gasteiger partial charge on any atom is -0.469 e. The summed E-state index contributed by atoms with van der Waals surface area (Å²) in [6.07, 6.45) is 5.12. The second-order valence-electron chi connectivity index (χ2n) is 8.05. The molecular weight excluding hydrogens is 318 g/mol. The van der Waals surface area contributed by atoms with Crippen molar-refractivity contribution in [3.63, 3.8) is 0 Å². The molecule has 0 aromatic carbocycles. The van der Waals surface area contributed by atoms with Crippen LogP contribution in [0.15, 0.2) is 16.7 Å². The van der Waals surface area contributed by atoms with Gasteiger partial charge in [-0.1, -0.05) is 0 Å². The number of amides is 2. The van der Waals surface area contributed by atoms with Gasteiger partial charge in [0.25, 0.3) is 0 Å². The molecule has 25 heavy (non-hydrogen) atoms. The fourth-order valence-electron chi connectivity index (χ4n) is 3.93. The number of morpholine rings is 1. The van der Waals surface area contributed by atoms with Crippen LogP contribution >= 0.6 is 0 Å². The summed E-state index contributed by atoms with van der Waals surface area (Å²) in [6.45, 7) is 10.9. The van der Waals surface area contributed by atoms with Crippen LogP contribution in [0.1, 0.15) is 57.9 Å². The van der Waals surface area contributed by atoms with E-state index < -0.39 is 0 Å². The number of carbonyl (C=O) groups is 1. The molecule has 6 nitrogen and oxygen atoms in total. The van der Waals surface area contributed by atoms with E-state index in [0.717, 1.165) is 43.7 Å². The van der Waals surface area contributed by atoms with Crippen molar-refractivity contribution < 1.29 is 13.9 Å². The predicted octanol–water partition coefficient (Wildman–Crippen LogP) is 2.84. The number of nitrogens with zero attached hydrogens (tertiary/aromatic N) is 1. The Morgan fingerprint density at radius 1 is 1.32 bits per heavy atom. The van der Waals surface area contributed by atoms with Crippen molar-refractivity contribution in [3.05, 3.63) is 23.7 Å². The lowest BCUT2D eigenvalue weighted by Crippen LogP contribution is -2.59. The van der Waals surface area contributed by atoms with Crippen LogP contribution in [0.2, 0.25) is 0 Å². The zero-order chi connectivity index (χ0) is 18.0. The lowest BCUT2D eigenvalue weighted by Gasteiger charge is -2.45. The Morgan fingerprint density at radius 3 is 2.76 bits per heavy atom. The molecule has 1 aromatic heterocycles. The van der Waals surface area contributed by atoms with E-state index in [2.05, 4.69) is 43.2 Å². The Morgan fingerprint density at radius 2 is 2.04 bits per heavy atom. The number of aryl methyl sites for hydroxylation is 1. The van der Waals surface area contributed by atoms with Gasteiger partial charge in [0.15, 0.2) is 0 Å². The molecule has 3 unspecified atom stereocenters. The van der Waals surface area contributed by atoms with Crippen LogP contribution in [-0.4, -0.2) is 48.3 Å². The normalized spacial score (nSPS) is 27.6. The Bertz CT molecular complexity index is 588. The van der Waals surface area contributed by atoms with Crippen LogP contribution in [0.4, 0.5) is 4.79 Å². The van der Waals surface area contributed by atoms with Gasteiger partial charge in [-0.05, 0) is 46.6 Å². The highest BCUT2D eigenvalue weighted by Gasteiger charge is 2.33. The largest absolute Gasteiger partial charge is 0.469 e. The average Bonchev–Trinajstić information content (AvgIpc) is 3.02. The van der Waals surface area contributed by atoms with Gasteiger partial charge < -0.3 is 19.8 Å².